The summed E-state index contributed by atoms with van der Waals surface area (Å²) in [6.45, 7) is 2.09. The van der Waals surface area contributed by atoms with Gasteiger partial charge in [-0.3, -0.25) is 9.59 Å². The van der Waals surface area contributed by atoms with E-state index in [1.807, 2.05) is 0 Å². The van der Waals surface area contributed by atoms with E-state index in [-0.39, 0.29) is 30.0 Å². The summed E-state index contributed by atoms with van der Waals surface area (Å²) in [5.41, 5.74) is 7.32. The molecule has 1 aliphatic rings. The smallest absolute Gasteiger partial charge is 0.253 e. The predicted octanol–water partition coefficient (Wildman–Crippen LogP) is 2.82. The molecule has 0 atom stereocenters. The highest BCUT2D eigenvalue weighted by Gasteiger charge is 2.23. The first-order valence-electron chi connectivity index (χ1n) is 8.24. The highest BCUT2D eigenvalue weighted by atomic mass is 35.5. The van der Waals surface area contributed by atoms with Gasteiger partial charge in [0.2, 0.25) is 0 Å². The lowest BCUT2D eigenvalue weighted by molar-refractivity contribution is 0.0718. The molecule has 0 spiro atoms. The number of benzene rings is 2. The zero-order valence-electron chi connectivity index (χ0n) is 14.2. The van der Waals surface area contributed by atoms with Crippen molar-refractivity contribution in [3.05, 3.63) is 65.5 Å². The van der Waals surface area contributed by atoms with Gasteiger partial charge in [0.1, 0.15) is 5.82 Å². The molecule has 0 saturated carbocycles. The third-order valence-corrected chi connectivity index (χ3v) is 4.32. The predicted molar refractivity (Wildman–Crippen MR) is 101 cm³/mol. The van der Waals surface area contributed by atoms with Gasteiger partial charge in [0.25, 0.3) is 11.8 Å². The highest BCUT2D eigenvalue weighted by Crippen LogP contribution is 2.14. The number of carbonyl (C=O) groups is 2. The first kappa shape index (κ1) is 19.7. The van der Waals surface area contributed by atoms with Crippen molar-refractivity contribution in [2.75, 3.05) is 31.9 Å². The number of nitrogens with two attached hydrogens (primary N) is 1. The maximum atomic E-state index is 13.0. The number of carbonyl (C=O) groups excluding carboxylic acids is 2. The Balaban J connectivity index is 0.00000243. The van der Waals surface area contributed by atoms with Crippen LogP contribution in [0, 0.1) is 5.82 Å². The summed E-state index contributed by atoms with van der Waals surface area (Å²) in [5.74, 6) is -0.564. The van der Waals surface area contributed by atoms with Crippen molar-refractivity contribution < 1.29 is 14.0 Å². The average Bonchev–Trinajstić information content (AvgIpc) is 2.88. The minimum atomic E-state index is -0.368. The van der Waals surface area contributed by atoms with Gasteiger partial charge >= 0.3 is 0 Å². The van der Waals surface area contributed by atoms with Crippen LogP contribution in [0.1, 0.15) is 27.1 Å². The van der Waals surface area contributed by atoms with Gasteiger partial charge in [-0.25, -0.2) is 4.39 Å². The Kier molecular flexibility index (Phi) is 6.58. The summed E-state index contributed by atoms with van der Waals surface area (Å²) in [4.78, 5) is 28.6. The maximum absolute atomic E-state index is 13.0. The lowest BCUT2D eigenvalue weighted by Gasteiger charge is -2.22. The van der Waals surface area contributed by atoms with Crippen LogP contribution in [-0.4, -0.2) is 47.8 Å². The van der Waals surface area contributed by atoms with E-state index >= 15 is 0 Å². The van der Waals surface area contributed by atoms with Crippen molar-refractivity contribution in [3.8, 4) is 0 Å². The minimum Gasteiger partial charge on any atom is -0.399 e. The molecule has 7 heteroatoms. The number of nitrogen functional groups attached to an aromatic ring is 1. The number of amides is 2. The van der Waals surface area contributed by atoms with Gasteiger partial charge in [0.05, 0.1) is 0 Å². The highest BCUT2D eigenvalue weighted by molar-refractivity contribution is 5.95. The van der Waals surface area contributed by atoms with Gasteiger partial charge in [-0.05, 0) is 55.0 Å². The first-order valence-corrected chi connectivity index (χ1v) is 8.24. The molecule has 2 aromatic carbocycles. The standard InChI is InChI=1S/C19H20FN3O2.ClH/c20-16-6-2-14(3-7-16)18(24)22-10-1-11-23(13-12-22)19(25)15-4-8-17(21)9-5-15;/h2-9H,1,10-13,21H2;1H. The van der Waals surface area contributed by atoms with Crippen LogP contribution < -0.4 is 5.73 Å². The van der Waals surface area contributed by atoms with Gasteiger partial charge in [0.15, 0.2) is 0 Å². The van der Waals surface area contributed by atoms with E-state index in [1.54, 1.807) is 34.1 Å². The van der Waals surface area contributed by atoms with Gasteiger partial charge in [-0.1, -0.05) is 0 Å². The molecule has 1 fully saturated rings. The Hall–Kier alpha value is -2.60. The second-order valence-electron chi connectivity index (χ2n) is 6.07. The van der Waals surface area contributed by atoms with Crippen LogP contribution in [0.25, 0.3) is 0 Å². The first-order chi connectivity index (χ1) is 12.0. The SMILES string of the molecule is Cl.Nc1ccc(C(=O)N2CCCN(C(=O)c3ccc(F)cc3)CC2)cc1. The lowest BCUT2D eigenvalue weighted by Crippen LogP contribution is -2.37. The third-order valence-electron chi connectivity index (χ3n) is 4.32. The van der Waals surface area contributed by atoms with Crippen LogP contribution in [0.4, 0.5) is 10.1 Å². The van der Waals surface area contributed by atoms with Crippen LogP contribution in [0.15, 0.2) is 48.5 Å². The van der Waals surface area contributed by atoms with E-state index in [2.05, 4.69) is 0 Å². The molecule has 3 rings (SSSR count). The number of hydrogen-bond donors (Lipinski definition) is 1. The Morgan fingerprint density at radius 2 is 1.19 bits per heavy atom. The molecule has 2 amide bonds. The second-order valence-corrected chi connectivity index (χ2v) is 6.07. The summed E-state index contributed by atoms with van der Waals surface area (Å²) < 4.78 is 13.0. The van der Waals surface area contributed by atoms with Crippen molar-refractivity contribution in [3.63, 3.8) is 0 Å². The normalized spacial score (nSPS) is 14.3. The fourth-order valence-corrected chi connectivity index (χ4v) is 2.91. The van der Waals surface area contributed by atoms with Crippen molar-refractivity contribution in [1.82, 2.24) is 9.80 Å². The molecule has 26 heavy (non-hydrogen) atoms. The molecule has 0 unspecified atom stereocenters. The quantitative estimate of drug-likeness (QED) is 0.818. The minimum absolute atomic E-state index is 0. The summed E-state index contributed by atoms with van der Waals surface area (Å²) in [7, 11) is 0. The molecule has 2 N–H and O–H groups in total. The monoisotopic (exact) mass is 377 g/mol. The van der Waals surface area contributed by atoms with E-state index in [4.69, 9.17) is 5.73 Å². The van der Waals surface area contributed by atoms with Crippen LogP contribution in [0.2, 0.25) is 0 Å². The molecule has 1 aliphatic heterocycles. The molecule has 0 radical (unpaired) electrons. The summed E-state index contributed by atoms with van der Waals surface area (Å²) in [6, 6.07) is 12.4. The molecule has 1 saturated heterocycles. The molecule has 5 nitrogen and oxygen atoms in total. The van der Waals surface area contributed by atoms with Crippen LogP contribution in [0.3, 0.4) is 0 Å². The molecule has 0 aliphatic carbocycles. The van der Waals surface area contributed by atoms with Gasteiger partial charge in [-0.2, -0.15) is 0 Å². The van der Waals surface area contributed by atoms with Gasteiger partial charge in [0, 0.05) is 43.0 Å². The number of anilines is 1. The topological polar surface area (TPSA) is 66.6 Å². The third kappa shape index (κ3) is 4.52. The zero-order chi connectivity index (χ0) is 17.8. The van der Waals surface area contributed by atoms with Gasteiger partial charge < -0.3 is 15.5 Å². The largest absolute Gasteiger partial charge is 0.399 e. The van der Waals surface area contributed by atoms with Crippen molar-refractivity contribution in [2.45, 2.75) is 6.42 Å². The summed E-state index contributed by atoms with van der Waals surface area (Å²) >= 11 is 0. The molecule has 1 heterocycles. The zero-order valence-corrected chi connectivity index (χ0v) is 15.0. The van der Waals surface area contributed by atoms with Crippen molar-refractivity contribution in [2.24, 2.45) is 0 Å². The van der Waals surface area contributed by atoms with E-state index < -0.39 is 0 Å². The number of hydrogen-bond acceptors (Lipinski definition) is 3. The lowest BCUT2D eigenvalue weighted by atomic mass is 10.2. The van der Waals surface area contributed by atoms with Gasteiger partial charge in [-0.15, -0.1) is 12.4 Å². The van der Waals surface area contributed by atoms with E-state index in [0.717, 1.165) is 0 Å². The molecule has 0 bridgehead atoms. The van der Waals surface area contributed by atoms with E-state index in [9.17, 15) is 14.0 Å². The summed E-state index contributed by atoms with van der Waals surface area (Å²) in [5, 5.41) is 0. The molecular formula is C19H21ClFN3O2. The van der Waals surface area contributed by atoms with E-state index in [1.165, 1.54) is 24.3 Å². The fourth-order valence-electron chi connectivity index (χ4n) is 2.91. The number of nitrogens with zero attached hydrogens (tertiary/aromatic N) is 2. The fraction of sp³-hybridized carbons (Fsp3) is 0.263. The Bertz CT molecular complexity index is 700. The number of rotatable bonds is 2. The molecule has 138 valence electrons. The molecule has 0 aromatic heterocycles. The Morgan fingerprint density at radius 3 is 1.65 bits per heavy atom. The average molecular weight is 378 g/mol. The van der Waals surface area contributed by atoms with Crippen molar-refractivity contribution in [1.29, 1.82) is 0 Å². The number of halogens is 2. The molecule has 2 aromatic rings. The second kappa shape index (κ2) is 8.67. The van der Waals surface area contributed by atoms with Crippen LogP contribution in [0.5, 0.6) is 0 Å². The molecular weight excluding hydrogens is 357 g/mol. The van der Waals surface area contributed by atoms with Crippen molar-refractivity contribution >= 4 is 29.9 Å². The Morgan fingerprint density at radius 1 is 0.769 bits per heavy atom. The summed E-state index contributed by atoms with van der Waals surface area (Å²) in [6.07, 6.45) is 0.702. The Labute approximate surface area is 158 Å². The van der Waals surface area contributed by atoms with E-state index in [0.29, 0.717) is 49.4 Å². The van der Waals surface area contributed by atoms with Crippen LogP contribution >= 0.6 is 12.4 Å². The maximum Gasteiger partial charge on any atom is 0.253 e. The van der Waals surface area contributed by atoms with Crippen LogP contribution in [-0.2, 0) is 0 Å².